The van der Waals surface area contributed by atoms with Crippen molar-refractivity contribution in [1.29, 1.82) is 0 Å². The molecular weight excluding hydrogens is 170 g/mol. The van der Waals surface area contributed by atoms with Crippen LogP contribution in [0, 0.1) is 0 Å². The zero-order chi connectivity index (χ0) is 9.84. The first-order valence-corrected chi connectivity index (χ1v) is 4.60. The highest BCUT2D eigenvalue weighted by Gasteiger charge is 2.29. The number of carbonyl (C=O) groups excluding carboxylic acids is 2. The number of esters is 1. The van der Waals surface area contributed by atoms with Crippen LogP contribution in [0.1, 0.15) is 26.7 Å². The van der Waals surface area contributed by atoms with Crippen LogP contribution in [0.4, 0.5) is 0 Å². The standard InChI is InChI=1S/C9H15NO3/c1-3-13-9(12)6-7(2)10-5-4-8(10)11/h7H,3-6H2,1-2H3/t7-/m0/s1. The number of likely N-dealkylation sites (tertiary alicyclic amines) is 1. The summed E-state index contributed by atoms with van der Waals surface area (Å²) in [7, 11) is 0. The molecule has 1 amide bonds. The first kappa shape index (κ1) is 10.0. The Kier molecular flexibility index (Phi) is 3.28. The molecule has 4 nitrogen and oxygen atoms in total. The summed E-state index contributed by atoms with van der Waals surface area (Å²) in [5, 5.41) is 0. The van der Waals surface area contributed by atoms with Crippen molar-refractivity contribution in [3.63, 3.8) is 0 Å². The van der Waals surface area contributed by atoms with Gasteiger partial charge in [-0.2, -0.15) is 0 Å². The fraction of sp³-hybridized carbons (Fsp3) is 0.778. The minimum Gasteiger partial charge on any atom is -0.466 e. The maximum Gasteiger partial charge on any atom is 0.307 e. The van der Waals surface area contributed by atoms with Crippen molar-refractivity contribution in [2.75, 3.05) is 13.2 Å². The molecule has 1 heterocycles. The molecule has 0 aromatic carbocycles. The maximum atomic E-state index is 11.0. The van der Waals surface area contributed by atoms with E-state index in [1.165, 1.54) is 0 Å². The van der Waals surface area contributed by atoms with Crippen molar-refractivity contribution in [2.24, 2.45) is 0 Å². The van der Waals surface area contributed by atoms with Gasteiger partial charge in [-0.3, -0.25) is 9.59 Å². The largest absolute Gasteiger partial charge is 0.466 e. The summed E-state index contributed by atoms with van der Waals surface area (Å²) >= 11 is 0. The van der Waals surface area contributed by atoms with Crippen molar-refractivity contribution >= 4 is 11.9 Å². The molecule has 1 rings (SSSR count). The highest BCUT2D eigenvalue weighted by atomic mass is 16.5. The second kappa shape index (κ2) is 4.25. The normalized spacial score (nSPS) is 18.0. The Morgan fingerprint density at radius 1 is 1.69 bits per heavy atom. The van der Waals surface area contributed by atoms with Crippen LogP contribution >= 0.6 is 0 Å². The molecule has 0 aromatic rings. The van der Waals surface area contributed by atoms with E-state index in [1.54, 1.807) is 11.8 Å². The number of β-lactam (4-membered cyclic amide) rings is 1. The van der Waals surface area contributed by atoms with Crippen molar-refractivity contribution < 1.29 is 14.3 Å². The van der Waals surface area contributed by atoms with Crippen LogP contribution in [0.15, 0.2) is 0 Å². The average Bonchev–Trinajstić information content (AvgIpc) is 2.01. The topological polar surface area (TPSA) is 46.6 Å². The van der Waals surface area contributed by atoms with Crippen LogP contribution in [0.3, 0.4) is 0 Å². The quantitative estimate of drug-likeness (QED) is 0.475. The van der Waals surface area contributed by atoms with Gasteiger partial charge in [0.2, 0.25) is 5.91 Å². The third-order valence-corrected chi connectivity index (χ3v) is 2.19. The Morgan fingerprint density at radius 3 is 2.77 bits per heavy atom. The van der Waals surface area contributed by atoms with Gasteiger partial charge in [-0.15, -0.1) is 0 Å². The first-order chi connectivity index (χ1) is 6.15. The molecule has 4 heteroatoms. The second-order valence-electron chi connectivity index (χ2n) is 3.20. The SMILES string of the molecule is CCOC(=O)C[C@H](C)N1CCC1=O. The van der Waals surface area contributed by atoms with E-state index in [0.29, 0.717) is 19.4 Å². The second-order valence-corrected chi connectivity index (χ2v) is 3.20. The molecule has 0 aromatic heterocycles. The van der Waals surface area contributed by atoms with Crippen LogP contribution in [0.2, 0.25) is 0 Å². The van der Waals surface area contributed by atoms with Gasteiger partial charge in [0, 0.05) is 19.0 Å². The number of ether oxygens (including phenoxy) is 1. The average molecular weight is 185 g/mol. The third-order valence-electron chi connectivity index (χ3n) is 2.19. The Balaban J connectivity index is 2.28. The molecule has 13 heavy (non-hydrogen) atoms. The molecule has 1 atom stereocenters. The van der Waals surface area contributed by atoms with E-state index in [-0.39, 0.29) is 17.9 Å². The summed E-state index contributed by atoms with van der Waals surface area (Å²) in [5.41, 5.74) is 0. The predicted molar refractivity (Wildman–Crippen MR) is 47.0 cm³/mol. The smallest absolute Gasteiger partial charge is 0.307 e. The number of carbonyl (C=O) groups is 2. The van der Waals surface area contributed by atoms with Gasteiger partial charge in [-0.05, 0) is 13.8 Å². The van der Waals surface area contributed by atoms with Crippen LogP contribution < -0.4 is 0 Å². The summed E-state index contributed by atoms with van der Waals surface area (Å²) in [4.78, 5) is 23.7. The minimum absolute atomic E-state index is 0.0136. The molecule has 0 saturated carbocycles. The van der Waals surface area contributed by atoms with Gasteiger partial charge in [-0.1, -0.05) is 0 Å². The molecule has 1 aliphatic heterocycles. The molecule has 0 N–H and O–H groups in total. The van der Waals surface area contributed by atoms with Crippen LogP contribution in [0.5, 0.6) is 0 Å². The zero-order valence-electron chi connectivity index (χ0n) is 8.08. The first-order valence-electron chi connectivity index (χ1n) is 4.60. The summed E-state index contributed by atoms with van der Waals surface area (Å²) in [6.45, 7) is 4.82. The van der Waals surface area contributed by atoms with Crippen molar-refractivity contribution in [1.82, 2.24) is 4.90 Å². The molecule has 1 aliphatic rings. The third kappa shape index (κ3) is 2.44. The van der Waals surface area contributed by atoms with Gasteiger partial charge in [0.1, 0.15) is 0 Å². The van der Waals surface area contributed by atoms with Crippen LogP contribution in [0.25, 0.3) is 0 Å². The van der Waals surface area contributed by atoms with E-state index >= 15 is 0 Å². The molecule has 1 saturated heterocycles. The molecular formula is C9H15NO3. The summed E-state index contributed by atoms with van der Waals surface area (Å²) < 4.78 is 4.79. The molecule has 0 bridgehead atoms. The van der Waals surface area contributed by atoms with Crippen LogP contribution in [-0.4, -0.2) is 36.0 Å². The van der Waals surface area contributed by atoms with Crippen molar-refractivity contribution in [3.05, 3.63) is 0 Å². The van der Waals surface area contributed by atoms with E-state index in [0.717, 1.165) is 6.54 Å². The fourth-order valence-corrected chi connectivity index (χ4v) is 1.37. The van der Waals surface area contributed by atoms with Gasteiger partial charge in [0.05, 0.1) is 13.0 Å². The lowest BCUT2D eigenvalue weighted by atomic mass is 10.1. The zero-order valence-corrected chi connectivity index (χ0v) is 8.08. The molecule has 0 unspecified atom stereocenters. The summed E-state index contributed by atoms with van der Waals surface area (Å²) in [6, 6.07) is -0.0136. The Hall–Kier alpha value is -1.06. The van der Waals surface area contributed by atoms with Gasteiger partial charge in [0.15, 0.2) is 0 Å². The number of nitrogens with zero attached hydrogens (tertiary/aromatic N) is 1. The van der Waals surface area contributed by atoms with Gasteiger partial charge < -0.3 is 9.64 Å². The van der Waals surface area contributed by atoms with Gasteiger partial charge >= 0.3 is 5.97 Å². The Labute approximate surface area is 77.8 Å². The van der Waals surface area contributed by atoms with Gasteiger partial charge in [-0.25, -0.2) is 0 Å². The molecule has 0 radical (unpaired) electrons. The fourth-order valence-electron chi connectivity index (χ4n) is 1.37. The lowest BCUT2D eigenvalue weighted by Crippen LogP contribution is -2.49. The molecule has 1 fully saturated rings. The highest BCUT2D eigenvalue weighted by Crippen LogP contribution is 2.15. The number of rotatable bonds is 4. The van der Waals surface area contributed by atoms with Gasteiger partial charge in [0.25, 0.3) is 0 Å². The lowest BCUT2D eigenvalue weighted by Gasteiger charge is -2.35. The number of hydrogen-bond acceptors (Lipinski definition) is 3. The van der Waals surface area contributed by atoms with E-state index in [9.17, 15) is 9.59 Å². The van der Waals surface area contributed by atoms with E-state index < -0.39 is 0 Å². The number of hydrogen-bond donors (Lipinski definition) is 0. The molecule has 74 valence electrons. The predicted octanol–water partition coefficient (Wildman–Crippen LogP) is 0.560. The lowest BCUT2D eigenvalue weighted by molar-refractivity contribution is -0.148. The maximum absolute atomic E-state index is 11.0. The minimum atomic E-state index is -0.227. The summed E-state index contributed by atoms with van der Waals surface area (Å²) in [6.07, 6.45) is 0.923. The van der Waals surface area contributed by atoms with Crippen LogP contribution in [-0.2, 0) is 14.3 Å². The number of amides is 1. The Bertz CT molecular complexity index is 215. The van der Waals surface area contributed by atoms with E-state index in [2.05, 4.69) is 0 Å². The van der Waals surface area contributed by atoms with E-state index in [1.807, 2.05) is 6.92 Å². The molecule has 0 spiro atoms. The molecule has 0 aliphatic carbocycles. The Morgan fingerprint density at radius 2 is 2.38 bits per heavy atom. The van der Waals surface area contributed by atoms with Crippen molar-refractivity contribution in [3.8, 4) is 0 Å². The van der Waals surface area contributed by atoms with Crippen molar-refractivity contribution in [2.45, 2.75) is 32.7 Å². The van der Waals surface area contributed by atoms with E-state index in [4.69, 9.17) is 4.74 Å². The highest BCUT2D eigenvalue weighted by molar-refractivity contribution is 5.82. The summed E-state index contributed by atoms with van der Waals surface area (Å²) in [5.74, 6) is -0.0912. The monoisotopic (exact) mass is 185 g/mol.